The lowest BCUT2D eigenvalue weighted by Crippen LogP contribution is -2.44. The fourth-order valence-electron chi connectivity index (χ4n) is 4.17. The van der Waals surface area contributed by atoms with Crippen molar-refractivity contribution in [3.63, 3.8) is 0 Å². The molecule has 1 atom stereocenters. The number of piperidine rings is 1. The van der Waals surface area contributed by atoms with Gasteiger partial charge in [-0.15, -0.1) is 0 Å². The first kappa shape index (κ1) is 20.1. The Morgan fingerprint density at radius 1 is 1.25 bits per heavy atom. The van der Waals surface area contributed by atoms with Gasteiger partial charge in [0.25, 0.3) is 5.91 Å². The number of anilines is 1. The van der Waals surface area contributed by atoms with E-state index in [0.29, 0.717) is 24.9 Å². The van der Waals surface area contributed by atoms with E-state index in [9.17, 15) is 9.59 Å². The number of aryl methyl sites for hydroxylation is 2. The molecule has 3 heterocycles. The molecule has 3 rings (SSSR count). The molecule has 0 bridgehead atoms. The van der Waals surface area contributed by atoms with E-state index in [4.69, 9.17) is 0 Å². The van der Waals surface area contributed by atoms with Crippen LogP contribution >= 0.6 is 0 Å². The molecule has 1 fully saturated rings. The molecule has 6 nitrogen and oxygen atoms in total. The number of rotatable bonds is 4. The van der Waals surface area contributed by atoms with Gasteiger partial charge in [0.05, 0.1) is 11.5 Å². The Labute approximate surface area is 166 Å². The SMILES string of the molecule is Cc1cccnc1NC(=O)C1CCCN(C(=O)c2cc(C)n(C(C)C)c2C)C1. The highest BCUT2D eigenvalue weighted by molar-refractivity contribution is 5.97. The molecule has 2 amide bonds. The summed E-state index contributed by atoms with van der Waals surface area (Å²) in [6.45, 7) is 11.3. The van der Waals surface area contributed by atoms with Crippen LogP contribution in [0.4, 0.5) is 5.82 Å². The van der Waals surface area contributed by atoms with Crippen LogP contribution in [0.25, 0.3) is 0 Å². The molecule has 2 aromatic heterocycles. The minimum atomic E-state index is -0.215. The van der Waals surface area contributed by atoms with Crippen molar-refractivity contribution in [1.29, 1.82) is 0 Å². The number of carbonyl (C=O) groups is 2. The van der Waals surface area contributed by atoms with Crippen LogP contribution in [0.3, 0.4) is 0 Å². The van der Waals surface area contributed by atoms with Crippen molar-refractivity contribution in [3.8, 4) is 0 Å². The number of hydrogen-bond donors (Lipinski definition) is 1. The Bertz CT molecular complexity index is 885. The number of amides is 2. The topological polar surface area (TPSA) is 67.2 Å². The summed E-state index contributed by atoms with van der Waals surface area (Å²) in [7, 11) is 0. The van der Waals surface area contributed by atoms with Crippen LogP contribution in [-0.2, 0) is 4.79 Å². The number of hydrogen-bond acceptors (Lipinski definition) is 3. The Kier molecular flexibility index (Phi) is 5.87. The first-order valence-electron chi connectivity index (χ1n) is 9.99. The van der Waals surface area contributed by atoms with Gasteiger partial charge < -0.3 is 14.8 Å². The second kappa shape index (κ2) is 8.17. The normalized spacial score (nSPS) is 17.1. The van der Waals surface area contributed by atoms with Crippen LogP contribution in [0.5, 0.6) is 0 Å². The number of pyridine rings is 1. The second-order valence-corrected chi connectivity index (χ2v) is 8.00. The lowest BCUT2D eigenvalue weighted by atomic mass is 9.96. The van der Waals surface area contributed by atoms with Crippen molar-refractivity contribution in [2.24, 2.45) is 5.92 Å². The van der Waals surface area contributed by atoms with Gasteiger partial charge in [-0.2, -0.15) is 0 Å². The smallest absolute Gasteiger partial charge is 0.255 e. The number of carbonyl (C=O) groups excluding carboxylic acids is 2. The van der Waals surface area contributed by atoms with Crippen LogP contribution in [0.2, 0.25) is 0 Å². The van der Waals surface area contributed by atoms with Gasteiger partial charge >= 0.3 is 0 Å². The summed E-state index contributed by atoms with van der Waals surface area (Å²) < 4.78 is 2.19. The van der Waals surface area contributed by atoms with Crippen LogP contribution < -0.4 is 5.32 Å². The van der Waals surface area contributed by atoms with E-state index in [1.807, 2.05) is 43.9 Å². The molecule has 28 heavy (non-hydrogen) atoms. The van der Waals surface area contributed by atoms with Crippen molar-refractivity contribution < 1.29 is 9.59 Å². The van der Waals surface area contributed by atoms with Gasteiger partial charge in [0, 0.05) is 36.7 Å². The van der Waals surface area contributed by atoms with Gasteiger partial charge in [0.1, 0.15) is 5.82 Å². The molecule has 1 aliphatic rings. The Morgan fingerprint density at radius 2 is 2.00 bits per heavy atom. The molecule has 0 aliphatic carbocycles. The van der Waals surface area contributed by atoms with E-state index >= 15 is 0 Å². The summed E-state index contributed by atoms with van der Waals surface area (Å²) in [6, 6.07) is 6.05. The van der Waals surface area contributed by atoms with Gasteiger partial charge in [-0.3, -0.25) is 9.59 Å². The zero-order valence-electron chi connectivity index (χ0n) is 17.5. The summed E-state index contributed by atoms with van der Waals surface area (Å²) in [4.78, 5) is 32.0. The number of nitrogens with one attached hydrogen (secondary N) is 1. The third-order valence-corrected chi connectivity index (χ3v) is 5.56. The maximum Gasteiger partial charge on any atom is 0.255 e. The van der Waals surface area contributed by atoms with Crippen molar-refractivity contribution in [3.05, 3.63) is 46.9 Å². The largest absolute Gasteiger partial charge is 0.346 e. The maximum absolute atomic E-state index is 13.2. The van der Waals surface area contributed by atoms with Gasteiger partial charge in [0.2, 0.25) is 5.91 Å². The van der Waals surface area contributed by atoms with Gasteiger partial charge in [-0.05, 0) is 65.2 Å². The van der Waals surface area contributed by atoms with Gasteiger partial charge in [-0.25, -0.2) is 4.98 Å². The lowest BCUT2D eigenvalue weighted by molar-refractivity contribution is -0.121. The Balaban J connectivity index is 1.73. The standard InChI is InChI=1S/C22H30N4O2/c1-14(2)26-16(4)12-19(17(26)5)22(28)25-11-7-9-18(13-25)21(27)24-20-15(3)8-6-10-23-20/h6,8,10,12,14,18H,7,9,11,13H2,1-5H3,(H,23,24,27). The summed E-state index contributed by atoms with van der Waals surface area (Å²) in [6.07, 6.45) is 3.28. The molecule has 150 valence electrons. The fourth-order valence-corrected chi connectivity index (χ4v) is 4.17. The molecule has 2 aromatic rings. The molecular weight excluding hydrogens is 352 g/mol. The third kappa shape index (κ3) is 3.96. The van der Waals surface area contributed by atoms with Crippen LogP contribution in [0.15, 0.2) is 24.4 Å². The summed E-state index contributed by atoms with van der Waals surface area (Å²) in [5, 5.41) is 2.93. The van der Waals surface area contributed by atoms with Crippen LogP contribution in [-0.4, -0.2) is 39.4 Å². The quantitative estimate of drug-likeness (QED) is 0.873. The first-order valence-corrected chi connectivity index (χ1v) is 9.99. The average molecular weight is 383 g/mol. The Morgan fingerprint density at radius 3 is 2.64 bits per heavy atom. The Hall–Kier alpha value is -2.63. The summed E-state index contributed by atoms with van der Waals surface area (Å²) in [5.74, 6) is 0.336. The van der Waals surface area contributed by atoms with E-state index in [2.05, 4.69) is 28.7 Å². The van der Waals surface area contributed by atoms with Crippen molar-refractivity contribution in [2.75, 3.05) is 18.4 Å². The van der Waals surface area contributed by atoms with Crippen molar-refractivity contribution in [2.45, 2.75) is 53.5 Å². The molecule has 6 heteroatoms. The van der Waals surface area contributed by atoms with Gasteiger partial charge in [0.15, 0.2) is 0 Å². The lowest BCUT2D eigenvalue weighted by Gasteiger charge is -2.32. The monoisotopic (exact) mass is 382 g/mol. The van der Waals surface area contributed by atoms with Crippen LogP contribution in [0, 0.1) is 26.7 Å². The molecule has 1 unspecified atom stereocenters. The minimum Gasteiger partial charge on any atom is -0.346 e. The van der Waals surface area contributed by atoms with E-state index < -0.39 is 0 Å². The molecule has 0 radical (unpaired) electrons. The van der Waals surface area contributed by atoms with Crippen molar-refractivity contribution in [1.82, 2.24) is 14.5 Å². The molecule has 0 spiro atoms. The van der Waals surface area contributed by atoms with E-state index in [-0.39, 0.29) is 17.7 Å². The average Bonchev–Trinajstić information content (AvgIpc) is 2.97. The number of nitrogens with zero attached hydrogens (tertiary/aromatic N) is 3. The molecule has 1 saturated heterocycles. The summed E-state index contributed by atoms with van der Waals surface area (Å²) in [5.41, 5.74) is 3.76. The predicted octanol–water partition coefficient (Wildman–Crippen LogP) is 3.88. The molecule has 1 aliphatic heterocycles. The first-order chi connectivity index (χ1) is 13.3. The number of aromatic nitrogens is 2. The number of likely N-dealkylation sites (tertiary alicyclic amines) is 1. The highest BCUT2D eigenvalue weighted by atomic mass is 16.2. The van der Waals surface area contributed by atoms with Crippen molar-refractivity contribution >= 4 is 17.6 Å². The second-order valence-electron chi connectivity index (χ2n) is 8.00. The minimum absolute atomic E-state index is 0.0199. The van der Waals surface area contributed by atoms with E-state index in [1.165, 1.54) is 0 Å². The predicted molar refractivity (Wildman–Crippen MR) is 111 cm³/mol. The molecule has 0 aromatic carbocycles. The third-order valence-electron chi connectivity index (χ3n) is 5.56. The van der Waals surface area contributed by atoms with E-state index in [0.717, 1.165) is 35.4 Å². The molecule has 1 N–H and O–H groups in total. The fraction of sp³-hybridized carbons (Fsp3) is 0.500. The zero-order chi connectivity index (χ0) is 20.4. The highest BCUT2D eigenvalue weighted by Gasteiger charge is 2.31. The molecule has 0 saturated carbocycles. The summed E-state index contributed by atoms with van der Waals surface area (Å²) >= 11 is 0. The van der Waals surface area contributed by atoms with E-state index in [1.54, 1.807) is 6.20 Å². The maximum atomic E-state index is 13.2. The van der Waals surface area contributed by atoms with Crippen LogP contribution in [0.1, 0.15) is 60.0 Å². The highest BCUT2D eigenvalue weighted by Crippen LogP contribution is 2.25. The van der Waals surface area contributed by atoms with Gasteiger partial charge in [-0.1, -0.05) is 6.07 Å². The molecular formula is C22H30N4O2. The zero-order valence-corrected chi connectivity index (χ0v) is 17.5.